The molecule has 0 saturated carbocycles. The van der Waals surface area contributed by atoms with Crippen molar-refractivity contribution >= 4 is 23.4 Å². The molecule has 10 heteroatoms. The molecule has 2 rings (SSSR count). The highest BCUT2D eigenvalue weighted by Crippen LogP contribution is 2.40. The number of nitriles is 1. The minimum absolute atomic E-state index is 0.0406. The van der Waals surface area contributed by atoms with Crippen LogP contribution in [0.3, 0.4) is 0 Å². The summed E-state index contributed by atoms with van der Waals surface area (Å²) >= 11 is 0.759. The van der Waals surface area contributed by atoms with Crippen LogP contribution in [0.4, 0.5) is 18.9 Å². The summed E-state index contributed by atoms with van der Waals surface area (Å²) < 4.78 is 43.3. The Morgan fingerprint density at radius 2 is 1.93 bits per heavy atom. The number of nitrogens with zero attached hydrogens (tertiary/aromatic N) is 2. The third-order valence-electron chi connectivity index (χ3n) is 3.28. The molecule has 27 heavy (non-hydrogen) atoms. The van der Waals surface area contributed by atoms with Crippen LogP contribution in [0.1, 0.15) is 22.8 Å². The van der Waals surface area contributed by atoms with Gasteiger partial charge in [-0.1, -0.05) is 23.9 Å². The predicted octanol–water partition coefficient (Wildman–Crippen LogP) is 4.83. The average Bonchev–Trinajstić information content (AvgIpc) is 2.61. The van der Waals surface area contributed by atoms with E-state index in [1.54, 1.807) is 12.1 Å². The summed E-state index contributed by atoms with van der Waals surface area (Å²) in [6, 6.07) is 9.84. The van der Waals surface area contributed by atoms with Gasteiger partial charge in [0.1, 0.15) is 6.07 Å². The third kappa shape index (κ3) is 4.98. The van der Waals surface area contributed by atoms with Crippen LogP contribution in [0.15, 0.2) is 52.3 Å². The van der Waals surface area contributed by atoms with E-state index in [9.17, 15) is 28.1 Å². The van der Waals surface area contributed by atoms with E-state index in [-0.39, 0.29) is 15.4 Å². The monoisotopic (exact) mass is 396 g/mol. The Morgan fingerprint density at radius 1 is 1.26 bits per heavy atom. The van der Waals surface area contributed by atoms with Crippen molar-refractivity contribution in [2.24, 2.45) is 0 Å². The highest BCUT2D eigenvalue weighted by Gasteiger charge is 2.33. The third-order valence-corrected chi connectivity index (χ3v) is 4.42. The topological polar surface area (TPSA) is 93.2 Å². The van der Waals surface area contributed by atoms with Crippen molar-refractivity contribution in [2.75, 3.05) is 0 Å². The van der Waals surface area contributed by atoms with Gasteiger partial charge in [0, 0.05) is 11.0 Å². The van der Waals surface area contributed by atoms with Gasteiger partial charge in [0.25, 0.3) is 5.69 Å². The summed E-state index contributed by atoms with van der Waals surface area (Å²) in [7, 11) is 0. The van der Waals surface area contributed by atoms with Gasteiger partial charge < -0.3 is 4.74 Å². The number of hydrogen-bond donors (Lipinski definition) is 0. The molecule has 0 bridgehead atoms. The maximum Gasteiger partial charge on any atom is 0.416 e. The number of carbonyl (C=O) groups is 1. The lowest BCUT2D eigenvalue weighted by molar-refractivity contribution is -0.388. The Kier molecular flexibility index (Phi) is 6.07. The van der Waals surface area contributed by atoms with Crippen molar-refractivity contribution in [3.63, 3.8) is 0 Å². The quantitative estimate of drug-likeness (QED) is 0.408. The van der Waals surface area contributed by atoms with Gasteiger partial charge >= 0.3 is 12.1 Å². The molecule has 0 radical (unpaired) electrons. The number of ether oxygens (including phenoxy) is 1. The van der Waals surface area contributed by atoms with Crippen LogP contribution in [0.2, 0.25) is 0 Å². The lowest BCUT2D eigenvalue weighted by Gasteiger charge is -2.11. The number of nitro benzene ring substituents is 1. The average molecular weight is 396 g/mol. The zero-order chi connectivity index (χ0) is 20.2. The SMILES string of the molecule is C[C@@H](C#N)OC(=O)c1ccccc1Sc1ccc(C(F)(F)F)cc1[N+](=O)[O-]. The van der Waals surface area contributed by atoms with Gasteiger partial charge in [-0.2, -0.15) is 18.4 Å². The van der Waals surface area contributed by atoms with Gasteiger partial charge in [0.15, 0.2) is 6.10 Å². The van der Waals surface area contributed by atoms with E-state index in [4.69, 9.17) is 10.00 Å². The van der Waals surface area contributed by atoms with Crippen molar-refractivity contribution in [3.05, 3.63) is 63.7 Å². The normalized spacial score (nSPS) is 12.1. The summed E-state index contributed by atoms with van der Waals surface area (Å²) in [5, 5.41) is 19.9. The van der Waals surface area contributed by atoms with Crippen LogP contribution in [-0.4, -0.2) is 17.0 Å². The van der Waals surface area contributed by atoms with E-state index in [0.29, 0.717) is 6.07 Å². The van der Waals surface area contributed by atoms with Gasteiger partial charge in [-0.15, -0.1) is 0 Å². The molecule has 0 aromatic heterocycles. The molecule has 0 fully saturated rings. The minimum Gasteiger partial charge on any atom is -0.444 e. The molecule has 0 heterocycles. The van der Waals surface area contributed by atoms with E-state index < -0.39 is 34.4 Å². The first-order chi connectivity index (χ1) is 12.6. The molecule has 140 valence electrons. The molecule has 0 saturated heterocycles. The standard InChI is InChI=1S/C17H11F3N2O4S/c1-10(9-21)26-16(23)12-4-2-3-5-14(12)27-15-7-6-11(17(18,19)20)8-13(15)22(24)25/h2-8,10H,1H3/t10-/m0/s1. The fourth-order valence-electron chi connectivity index (χ4n) is 2.02. The second-order valence-corrected chi connectivity index (χ2v) is 6.30. The first kappa shape index (κ1) is 20.3. The zero-order valence-corrected chi connectivity index (χ0v) is 14.5. The highest BCUT2D eigenvalue weighted by atomic mass is 32.2. The molecule has 0 aliphatic rings. The maximum atomic E-state index is 12.8. The van der Waals surface area contributed by atoms with Crippen LogP contribution in [0.25, 0.3) is 0 Å². The van der Waals surface area contributed by atoms with Gasteiger partial charge in [-0.3, -0.25) is 10.1 Å². The van der Waals surface area contributed by atoms with Crippen LogP contribution in [-0.2, 0) is 10.9 Å². The number of halogens is 3. The lowest BCUT2D eigenvalue weighted by atomic mass is 10.2. The lowest BCUT2D eigenvalue weighted by Crippen LogP contribution is -2.13. The van der Waals surface area contributed by atoms with Gasteiger partial charge in [-0.05, 0) is 31.2 Å². The number of benzene rings is 2. The zero-order valence-electron chi connectivity index (χ0n) is 13.7. The second kappa shape index (κ2) is 8.09. The van der Waals surface area contributed by atoms with Crippen LogP contribution < -0.4 is 0 Å². The van der Waals surface area contributed by atoms with Crippen molar-refractivity contribution in [1.29, 1.82) is 5.26 Å². The first-order valence-electron chi connectivity index (χ1n) is 7.36. The Hall–Kier alpha value is -3.06. The van der Waals surface area contributed by atoms with Crippen LogP contribution >= 0.6 is 11.8 Å². The number of rotatable bonds is 5. The number of alkyl halides is 3. The van der Waals surface area contributed by atoms with E-state index in [0.717, 1.165) is 23.9 Å². The first-order valence-corrected chi connectivity index (χ1v) is 8.18. The van der Waals surface area contributed by atoms with Gasteiger partial charge in [-0.25, -0.2) is 4.79 Å². The molecule has 0 amide bonds. The van der Waals surface area contributed by atoms with Crippen LogP contribution in [0.5, 0.6) is 0 Å². The second-order valence-electron chi connectivity index (χ2n) is 5.21. The molecule has 0 N–H and O–H groups in total. The Bertz CT molecular complexity index is 925. The molecule has 0 spiro atoms. The van der Waals surface area contributed by atoms with Gasteiger partial charge in [0.2, 0.25) is 0 Å². The number of carbonyl (C=O) groups excluding carboxylic acids is 1. The van der Waals surface area contributed by atoms with Crippen molar-refractivity contribution in [3.8, 4) is 6.07 Å². The van der Waals surface area contributed by atoms with E-state index in [2.05, 4.69) is 0 Å². The molecule has 6 nitrogen and oxygen atoms in total. The highest BCUT2D eigenvalue weighted by molar-refractivity contribution is 7.99. The minimum atomic E-state index is -4.72. The van der Waals surface area contributed by atoms with Crippen LogP contribution in [0, 0.1) is 21.4 Å². The summed E-state index contributed by atoms with van der Waals surface area (Å²) in [5.41, 5.74) is -1.84. The summed E-state index contributed by atoms with van der Waals surface area (Å²) in [6.45, 7) is 1.37. The predicted molar refractivity (Wildman–Crippen MR) is 89.2 cm³/mol. The Morgan fingerprint density at radius 3 is 2.52 bits per heavy atom. The number of esters is 1. The van der Waals surface area contributed by atoms with E-state index in [1.807, 2.05) is 0 Å². The molecular weight excluding hydrogens is 385 g/mol. The Balaban J connectivity index is 2.42. The van der Waals surface area contributed by atoms with Crippen molar-refractivity contribution in [1.82, 2.24) is 0 Å². The van der Waals surface area contributed by atoms with Crippen molar-refractivity contribution in [2.45, 2.75) is 29.0 Å². The van der Waals surface area contributed by atoms with E-state index >= 15 is 0 Å². The fraction of sp³-hybridized carbons (Fsp3) is 0.176. The molecule has 0 unspecified atom stereocenters. The molecule has 1 atom stereocenters. The molecule has 2 aromatic rings. The van der Waals surface area contributed by atoms with Gasteiger partial charge in [0.05, 0.1) is 20.9 Å². The maximum absolute atomic E-state index is 12.8. The largest absolute Gasteiger partial charge is 0.444 e. The number of hydrogen-bond acceptors (Lipinski definition) is 6. The molecule has 2 aromatic carbocycles. The molecule has 0 aliphatic carbocycles. The fourth-order valence-corrected chi connectivity index (χ4v) is 3.03. The van der Waals surface area contributed by atoms with E-state index in [1.165, 1.54) is 25.1 Å². The molecular formula is C17H11F3N2O4S. The smallest absolute Gasteiger partial charge is 0.416 e. The summed E-state index contributed by atoms with van der Waals surface area (Å²) in [5.74, 6) is -0.818. The number of nitro groups is 1. The summed E-state index contributed by atoms with van der Waals surface area (Å²) in [6.07, 6.45) is -5.72. The molecule has 0 aliphatic heterocycles. The Labute approximate surface area is 155 Å². The van der Waals surface area contributed by atoms with Crippen molar-refractivity contribution < 1.29 is 27.6 Å². The summed E-state index contributed by atoms with van der Waals surface area (Å²) in [4.78, 5) is 22.6.